The molecule has 1 amide bonds. The highest BCUT2D eigenvalue weighted by atomic mass is 32.2. The van der Waals surface area contributed by atoms with E-state index in [0.29, 0.717) is 5.57 Å². The van der Waals surface area contributed by atoms with Gasteiger partial charge in [-0.2, -0.15) is 0 Å². The Bertz CT molecular complexity index is 1080. The molecule has 5 nitrogen and oxygen atoms in total. The second kappa shape index (κ2) is 7.18. The number of carbonyl (C=O) groups excluding carboxylic acids is 1. The molecule has 1 saturated carbocycles. The molecule has 0 bridgehead atoms. The molecular formula is C22H24N2O3S. The van der Waals surface area contributed by atoms with Gasteiger partial charge in [0.25, 0.3) is 5.91 Å². The lowest BCUT2D eigenvalue weighted by Crippen LogP contribution is -2.23. The Labute approximate surface area is 166 Å². The van der Waals surface area contributed by atoms with Gasteiger partial charge in [0, 0.05) is 24.7 Å². The van der Waals surface area contributed by atoms with E-state index in [2.05, 4.69) is 4.72 Å². The number of aryl methyl sites for hydroxylation is 1. The van der Waals surface area contributed by atoms with E-state index in [9.17, 15) is 13.2 Å². The van der Waals surface area contributed by atoms with E-state index in [-0.39, 0.29) is 17.3 Å². The van der Waals surface area contributed by atoms with Gasteiger partial charge in [0.1, 0.15) is 0 Å². The van der Waals surface area contributed by atoms with Crippen LogP contribution < -0.4 is 9.62 Å². The quantitative estimate of drug-likeness (QED) is 0.800. The van der Waals surface area contributed by atoms with Gasteiger partial charge in [-0.25, -0.2) is 13.1 Å². The minimum atomic E-state index is -3.68. The van der Waals surface area contributed by atoms with Crippen molar-refractivity contribution in [2.24, 2.45) is 0 Å². The molecule has 6 heteroatoms. The Kier molecular flexibility index (Phi) is 4.85. The Hall–Kier alpha value is -2.44. The van der Waals surface area contributed by atoms with Crippen LogP contribution in [0.4, 0.5) is 5.69 Å². The summed E-state index contributed by atoms with van der Waals surface area (Å²) in [5, 5.41) is 0. The van der Waals surface area contributed by atoms with Gasteiger partial charge >= 0.3 is 0 Å². The third-order valence-corrected chi connectivity index (χ3v) is 6.94. The molecule has 2 aromatic rings. The molecule has 1 N–H and O–H groups in total. The van der Waals surface area contributed by atoms with Gasteiger partial charge in [0.2, 0.25) is 10.0 Å². The van der Waals surface area contributed by atoms with Crippen molar-refractivity contribution >= 4 is 27.2 Å². The lowest BCUT2D eigenvalue weighted by Gasteiger charge is -2.11. The van der Waals surface area contributed by atoms with Crippen molar-refractivity contribution in [1.82, 2.24) is 4.72 Å². The van der Waals surface area contributed by atoms with E-state index in [1.165, 1.54) is 0 Å². The van der Waals surface area contributed by atoms with E-state index in [1.54, 1.807) is 30.1 Å². The summed E-state index contributed by atoms with van der Waals surface area (Å²) in [6, 6.07) is 12.7. The molecule has 0 aromatic heterocycles. The Morgan fingerprint density at radius 1 is 1.07 bits per heavy atom. The fourth-order valence-corrected chi connectivity index (χ4v) is 5.09. The Balaban J connectivity index is 1.66. The minimum absolute atomic E-state index is 0.0332. The lowest BCUT2D eigenvalue weighted by molar-refractivity contribution is -0.112. The second-order valence-electron chi connectivity index (χ2n) is 7.54. The summed E-state index contributed by atoms with van der Waals surface area (Å²) < 4.78 is 28.4. The Morgan fingerprint density at radius 2 is 1.82 bits per heavy atom. The normalized spacial score (nSPS) is 16.8. The van der Waals surface area contributed by atoms with Gasteiger partial charge in [-0.15, -0.1) is 0 Å². The second-order valence-corrected chi connectivity index (χ2v) is 9.31. The van der Waals surface area contributed by atoms with Crippen LogP contribution in [0.25, 0.3) is 5.57 Å². The number of likely N-dealkylation sites (N-methyl/N-ethyl adjacent to an activating group) is 1. The number of carbonyl (C=O) groups is 1. The average molecular weight is 397 g/mol. The average Bonchev–Trinajstić information content (AvgIpc) is 3.27. The number of amides is 1. The zero-order valence-electron chi connectivity index (χ0n) is 16.2. The predicted octanol–water partition coefficient (Wildman–Crippen LogP) is 3.78. The topological polar surface area (TPSA) is 66.5 Å². The molecule has 0 unspecified atom stereocenters. The van der Waals surface area contributed by atoms with E-state index in [1.807, 2.05) is 31.2 Å². The molecule has 146 valence electrons. The zero-order chi connectivity index (χ0) is 19.9. The van der Waals surface area contributed by atoms with Gasteiger partial charge in [0.15, 0.2) is 0 Å². The number of benzene rings is 2. The van der Waals surface area contributed by atoms with E-state index < -0.39 is 10.0 Å². The zero-order valence-corrected chi connectivity index (χ0v) is 17.0. The van der Waals surface area contributed by atoms with Crippen LogP contribution in [-0.4, -0.2) is 21.4 Å². The van der Waals surface area contributed by atoms with Gasteiger partial charge in [-0.05, 0) is 56.4 Å². The van der Waals surface area contributed by atoms with Gasteiger partial charge in [-0.3, -0.25) is 4.79 Å². The van der Waals surface area contributed by atoms with Gasteiger partial charge < -0.3 is 4.90 Å². The molecule has 0 atom stereocenters. The molecule has 0 radical (unpaired) electrons. The van der Waals surface area contributed by atoms with Crippen LogP contribution in [0.1, 0.15) is 42.4 Å². The summed E-state index contributed by atoms with van der Waals surface area (Å²) in [7, 11) is -1.93. The maximum absolute atomic E-state index is 12.9. The molecule has 2 aliphatic rings. The van der Waals surface area contributed by atoms with Crippen LogP contribution in [0.2, 0.25) is 0 Å². The predicted molar refractivity (Wildman–Crippen MR) is 110 cm³/mol. The van der Waals surface area contributed by atoms with Crippen LogP contribution in [0.3, 0.4) is 0 Å². The van der Waals surface area contributed by atoms with E-state index >= 15 is 0 Å². The molecule has 1 aliphatic carbocycles. The number of allylic oxidation sites excluding steroid dienone is 1. The highest BCUT2D eigenvalue weighted by molar-refractivity contribution is 7.89. The number of nitrogens with zero attached hydrogens (tertiary/aromatic N) is 1. The van der Waals surface area contributed by atoms with Crippen molar-refractivity contribution in [2.75, 3.05) is 11.9 Å². The first-order valence-electron chi connectivity index (χ1n) is 9.56. The van der Waals surface area contributed by atoms with Crippen molar-refractivity contribution in [2.45, 2.75) is 44.0 Å². The van der Waals surface area contributed by atoms with Crippen LogP contribution in [-0.2, 0) is 21.4 Å². The summed E-state index contributed by atoms with van der Waals surface area (Å²) in [4.78, 5) is 14.6. The first-order valence-corrected chi connectivity index (χ1v) is 11.0. The molecule has 0 spiro atoms. The number of anilines is 1. The lowest BCUT2D eigenvalue weighted by atomic mass is 10.00. The molecule has 1 aliphatic heterocycles. The van der Waals surface area contributed by atoms with Gasteiger partial charge in [0.05, 0.1) is 10.6 Å². The smallest absolute Gasteiger partial charge is 0.258 e. The fraction of sp³-hybridized carbons (Fsp3) is 0.318. The van der Waals surface area contributed by atoms with Crippen molar-refractivity contribution < 1.29 is 13.2 Å². The highest BCUT2D eigenvalue weighted by Crippen LogP contribution is 2.42. The number of rotatable bonds is 4. The first-order chi connectivity index (χ1) is 13.4. The SMILES string of the molecule is Cc1cccc(CNS(=O)(=O)c2ccc3c(c2)C(=C2CCCC2)C(=O)N3C)c1. The summed E-state index contributed by atoms with van der Waals surface area (Å²) in [6.07, 6.45) is 4.00. The van der Waals surface area contributed by atoms with Crippen molar-refractivity contribution in [3.05, 3.63) is 64.7 Å². The number of fused-ring (bicyclic) bond motifs is 1. The maximum Gasteiger partial charge on any atom is 0.258 e. The van der Waals surface area contributed by atoms with Crippen molar-refractivity contribution in [3.8, 4) is 0 Å². The van der Waals surface area contributed by atoms with Crippen molar-refractivity contribution in [3.63, 3.8) is 0 Å². The summed E-state index contributed by atoms with van der Waals surface area (Å²) in [5.74, 6) is -0.0332. The van der Waals surface area contributed by atoms with Crippen molar-refractivity contribution in [1.29, 1.82) is 0 Å². The van der Waals surface area contributed by atoms with Crippen LogP contribution in [0.15, 0.2) is 52.9 Å². The minimum Gasteiger partial charge on any atom is -0.311 e. The van der Waals surface area contributed by atoms with E-state index in [4.69, 9.17) is 0 Å². The van der Waals surface area contributed by atoms with Crippen LogP contribution in [0, 0.1) is 6.92 Å². The molecule has 28 heavy (non-hydrogen) atoms. The van der Waals surface area contributed by atoms with Crippen LogP contribution in [0.5, 0.6) is 0 Å². The Morgan fingerprint density at radius 3 is 2.54 bits per heavy atom. The van der Waals surface area contributed by atoms with Gasteiger partial charge in [-0.1, -0.05) is 35.4 Å². The van der Waals surface area contributed by atoms with E-state index in [0.717, 1.165) is 53.6 Å². The standard InChI is InChI=1S/C22H24N2O3S/c1-15-6-5-7-16(12-15)14-23-28(26,27)18-10-11-20-19(13-18)21(22(25)24(20)2)17-8-3-4-9-17/h5-7,10-13,23H,3-4,8-9,14H2,1-2H3. The molecular weight excluding hydrogens is 372 g/mol. The largest absolute Gasteiger partial charge is 0.311 e. The number of sulfonamides is 1. The van der Waals surface area contributed by atoms with Crippen LogP contribution >= 0.6 is 0 Å². The summed E-state index contributed by atoms with van der Waals surface area (Å²) >= 11 is 0. The monoisotopic (exact) mass is 396 g/mol. The highest BCUT2D eigenvalue weighted by Gasteiger charge is 2.34. The number of hydrogen-bond donors (Lipinski definition) is 1. The molecule has 1 heterocycles. The summed E-state index contributed by atoms with van der Waals surface area (Å²) in [6.45, 7) is 2.21. The molecule has 2 aromatic carbocycles. The summed E-state index contributed by atoms with van der Waals surface area (Å²) in [5.41, 5.74) is 5.36. The number of nitrogens with one attached hydrogen (secondary N) is 1. The molecule has 1 fully saturated rings. The molecule has 0 saturated heterocycles. The third kappa shape index (κ3) is 3.38. The number of hydrogen-bond acceptors (Lipinski definition) is 3. The first kappa shape index (κ1) is 18.9. The maximum atomic E-state index is 12.9. The third-order valence-electron chi connectivity index (χ3n) is 5.54. The molecule has 4 rings (SSSR count). The fourth-order valence-electron chi connectivity index (χ4n) is 4.04.